The number of para-hydroxylation sites is 1. The number of benzene rings is 2. The molecule has 0 aliphatic heterocycles. The van der Waals surface area contributed by atoms with Gasteiger partial charge in [0.1, 0.15) is 0 Å². The van der Waals surface area contributed by atoms with Crippen LogP contribution in [0.4, 0.5) is 5.69 Å². The second kappa shape index (κ2) is 6.27. The van der Waals surface area contributed by atoms with Crippen molar-refractivity contribution in [2.45, 2.75) is 31.1 Å². The van der Waals surface area contributed by atoms with Crippen LogP contribution in [0.25, 0.3) is 0 Å². The van der Waals surface area contributed by atoms with Gasteiger partial charge in [0, 0.05) is 16.7 Å². The number of aliphatic imine (C=N–C) groups is 1. The molecule has 0 heterocycles. The lowest BCUT2D eigenvalue weighted by Crippen LogP contribution is -2.11. The van der Waals surface area contributed by atoms with Gasteiger partial charge in [-0.15, -0.1) is 11.8 Å². The zero-order valence-electron chi connectivity index (χ0n) is 12.6. The van der Waals surface area contributed by atoms with E-state index in [-0.39, 0.29) is 5.41 Å². The second-order valence-corrected chi connectivity index (χ2v) is 6.62. The summed E-state index contributed by atoms with van der Waals surface area (Å²) >= 11 is 1.75. The summed E-state index contributed by atoms with van der Waals surface area (Å²) in [6, 6.07) is 16.7. The fourth-order valence-electron chi connectivity index (χ4n) is 2.13. The Hall–Kier alpha value is -1.54. The van der Waals surface area contributed by atoms with Gasteiger partial charge in [0.2, 0.25) is 0 Å². The summed E-state index contributed by atoms with van der Waals surface area (Å²) in [5, 5.41) is 0. The molecule has 2 rings (SSSR count). The SMILES string of the molecule is CSc1ccccc1C=Nc1ccccc1C(C)(C)C. The second-order valence-electron chi connectivity index (χ2n) is 5.77. The van der Waals surface area contributed by atoms with Crippen LogP contribution < -0.4 is 0 Å². The molecule has 0 aromatic heterocycles. The number of hydrogen-bond acceptors (Lipinski definition) is 2. The normalized spacial score (nSPS) is 12.0. The third kappa shape index (κ3) is 3.51. The molecule has 0 atom stereocenters. The molecule has 0 amide bonds. The Morgan fingerprint density at radius 1 is 0.950 bits per heavy atom. The largest absolute Gasteiger partial charge is 0.256 e. The van der Waals surface area contributed by atoms with E-state index >= 15 is 0 Å². The lowest BCUT2D eigenvalue weighted by Gasteiger charge is -2.20. The predicted molar refractivity (Wildman–Crippen MR) is 90.6 cm³/mol. The molecule has 104 valence electrons. The molecular weight excluding hydrogens is 262 g/mol. The summed E-state index contributed by atoms with van der Waals surface area (Å²) < 4.78 is 0. The molecule has 20 heavy (non-hydrogen) atoms. The lowest BCUT2D eigenvalue weighted by atomic mass is 9.86. The summed E-state index contributed by atoms with van der Waals surface area (Å²) in [6.07, 6.45) is 4.06. The quantitative estimate of drug-likeness (QED) is 0.538. The molecule has 0 saturated carbocycles. The fourth-order valence-corrected chi connectivity index (χ4v) is 2.70. The molecule has 0 spiro atoms. The van der Waals surface area contributed by atoms with Gasteiger partial charge in [0.25, 0.3) is 0 Å². The molecule has 2 heteroatoms. The van der Waals surface area contributed by atoms with Crippen LogP contribution in [0.3, 0.4) is 0 Å². The molecule has 0 N–H and O–H groups in total. The van der Waals surface area contributed by atoms with Crippen molar-refractivity contribution < 1.29 is 0 Å². The maximum absolute atomic E-state index is 4.71. The van der Waals surface area contributed by atoms with Gasteiger partial charge in [0.05, 0.1) is 5.69 Å². The minimum absolute atomic E-state index is 0.104. The molecule has 0 aliphatic carbocycles. The van der Waals surface area contributed by atoms with Crippen molar-refractivity contribution >= 4 is 23.7 Å². The minimum atomic E-state index is 0.104. The van der Waals surface area contributed by atoms with Crippen molar-refractivity contribution in [3.05, 3.63) is 59.7 Å². The monoisotopic (exact) mass is 283 g/mol. The Kier molecular flexibility index (Phi) is 4.66. The fraction of sp³-hybridized carbons (Fsp3) is 0.278. The van der Waals surface area contributed by atoms with Crippen LogP contribution in [0.2, 0.25) is 0 Å². The van der Waals surface area contributed by atoms with Crippen molar-refractivity contribution in [1.82, 2.24) is 0 Å². The van der Waals surface area contributed by atoms with Gasteiger partial charge in [-0.25, -0.2) is 0 Å². The first-order chi connectivity index (χ1) is 9.52. The van der Waals surface area contributed by atoms with E-state index in [1.807, 2.05) is 12.3 Å². The average molecular weight is 283 g/mol. The highest BCUT2D eigenvalue weighted by Crippen LogP contribution is 2.31. The van der Waals surface area contributed by atoms with E-state index in [9.17, 15) is 0 Å². The topological polar surface area (TPSA) is 12.4 Å². The van der Waals surface area contributed by atoms with Crippen LogP contribution in [0, 0.1) is 0 Å². The summed E-state index contributed by atoms with van der Waals surface area (Å²) in [5.74, 6) is 0. The molecule has 0 unspecified atom stereocenters. The Labute approximate surface area is 126 Å². The van der Waals surface area contributed by atoms with Gasteiger partial charge in [-0.05, 0) is 29.4 Å². The molecular formula is C18H21NS. The summed E-state index contributed by atoms with van der Waals surface area (Å²) in [6.45, 7) is 6.66. The first-order valence-corrected chi connectivity index (χ1v) is 8.01. The number of hydrogen-bond donors (Lipinski definition) is 0. The highest BCUT2D eigenvalue weighted by molar-refractivity contribution is 7.98. The van der Waals surface area contributed by atoms with E-state index in [2.05, 4.69) is 69.5 Å². The Bertz CT molecular complexity index is 609. The Balaban J connectivity index is 2.37. The van der Waals surface area contributed by atoms with Crippen LogP contribution in [0.1, 0.15) is 31.9 Å². The van der Waals surface area contributed by atoms with Crippen molar-refractivity contribution in [3.8, 4) is 0 Å². The maximum atomic E-state index is 4.71. The van der Waals surface area contributed by atoms with Gasteiger partial charge in [-0.3, -0.25) is 4.99 Å². The first-order valence-electron chi connectivity index (χ1n) is 6.79. The van der Waals surface area contributed by atoms with E-state index in [1.165, 1.54) is 16.0 Å². The molecule has 2 aromatic carbocycles. The van der Waals surface area contributed by atoms with Gasteiger partial charge < -0.3 is 0 Å². The van der Waals surface area contributed by atoms with Crippen LogP contribution in [-0.2, 0) is 5.41 Å². The smallest absolute Gasteiger partial charge is 0.0667 e. The third-order valence-electron chi connectivity index (χ3n) is 3.19. The predicted octanol–water partition coefficient (Wildman–Crippen LogP) is 5.46. The third-order valence-corrected chi connectivity index (χ3v) is 4.01. The van der Waals surface area contributed by atoms with Gasteiger partial charge in [0.15, 0.2) is 0 Å². The van der Waals surface area contributed by atoms with Gasteiger partial charge >= 0.3 is 0 Å². The number of thioether (sulfide) groups is 1. The van der Waals surface area contributed by atoms with E-state index < -0.39 is 0 Å². The van der Waals surface area contributed by atoms with Gasteiger partial charge in [-0.2, -0.15) is 0 Å². The zero-order chi connectivity index (χ0) is 14.6. The van der Waals surface area contributed by atoms with E-state index in [0.29, 0.717) is 0 Å². The lowest BCUT2D eigenvalue weighted by molar-refractivity contribution is 0.591. The Morgan fingerprint density at radius 3 is 2.30 bits per heavy atom. The first kappa shape index (κ1) is 14.9. The molecule has 1 nitrogen and oxygen atoms in total. The van der Waals surface area contributed by atoms with Gasteiger partial charge in [-0.1, -0.05) is 57.2 Å². The molecule has 0 fully saturated rings. The highest BCUT2D eigenvalue weighted by Gasteiger charge is 2.16. The average Bonchev–Trinajstić information content (AvgIpc) is 2.44. The summed E-state index contributed by atoms with van der Waals surface area (Å²) in [4.78, 5) is 5.97. The molecule has 0 radical (unpaired) electrons. The summed E-state index contributed by atoms with van der Waals surface area (Å²) in [5.41, 5.74) is 3.60. The minimum Gasteiger partial charge on any atom is -0.256 e. The van der Waals surface area contributed by atoms with E-state index in [1.54, 1.807) is 11.8 Å². The molecule has 0 bridgehead atoms. The van der Waals surface area contributed by atoms with Crippen LogP contribution in [0.5, 0.6) is 0 Å². The Morgan fingerprint density at radius 2 is 1.60 bits per heavy atom. The van der Waals surface area contributed by atoms with Crippen molar-refractivity contribution in [3.63, 3.8) is 0 Å². The van der Waals surface area contributed by atoms with Crippen LogP contribution in [0.15, 0.2) is 58.4 Å². The summed E-state index contributed by atoms with van der Waals surface area (Å²) in [7, 11) is 0. The van der Waals surface area contributed by atoms with Crippen LogP contribution in [-0.4, -0.2) is 12.5 Å². The maximum Gasteiger partial charge on any atom is 0.0667 e. The van der Waals surface area contributed by atoms with E-state index in [4.69, 9.17) is 4.99 Å². The van der Waals surface area contributed by atoms with Crippen LogP contribution >= 0.6 is 11.8 Å². The number of rotatable bonds is 3. The van der Waals surface area contributed by atoms with Crippen molar-refractivity contribution in [2.75, 3.05) is 6.26 Å². The molecule has 0 saturated heterocycles. The standard InChI is InChI=1S/C18H21NS/c1-18(2,3)15-10-6-7-11-16(15)19-13-14-9-5-8-12-17(14)20-4/h5-13H,1-4H3. The van der Waals surface area contributed by atoms with E-state index in [0.717, 1.165) is 5.69 Å². The van der Waals surface area contributed by atoms with Crippen molar-refractivity contribution in [2.24, 2.45) is 4.99 Å². The van der Waals surface area contributed by atoms with Crippen molar-refractivity contribution in [1.29, 1.82) is 0 Å². The molecule has 2 aromatic rings. The highest BCUT2D eigenvalue weighted by atomic mass is 32.2. The number of nitrogens with zero attached hydrogens (tertiary/aromatic N) is 1. The molecule has 0 aliphatic rings. The zero-order valence-corrected chi connectivity index (χ0v) is 13.4.